The molecule has 0 heterocycles. The molecule has 3 nitrogen and oxygen atoms in total. The number of para-hydroxylation sites is 1. The van der Waals surface area contributed by atoms with E-state index in [1.54, 1.807) is 0 Å². The van der Waals surface area contributed by atoms with Crippen LogP contribution < -0.4 is 5.73 Å². The van der Waals surface area contributed by atoms with Crippen LogP contribution in [0.1, 0.15) is 32.3 Å². The van der Waals surface area contributed by atoms with Crippen LogP contribution in [0.15, 0.2) is 24.3 Å². The predicted octanol–water partition coefficient (Wildman–Crippen LogP) is 2.42. The molecular formula is C13H23NO2Si. The zero-order valence-corrected chi connectivity index (χ0v) is 12.0. The number of nitrogens with two attached hydrogens (primary N) is 1. The minimum Gasteiger partial charge on any atom is -0.399 e. The van der Waals surface area contributed by atoms with Crippen molar-refractivity contribution >= 4 is 15.0 Å². The van der Waals surface area contributed by atoms with Gasteiger partial charge in [-0.25, -0.2) is 0 Å². The van der Waals surface area contributed by atoms with Crippen LogP contribution in [-0.2, 0) is 14.9 Å². The molecule has 96 valence electrons. The Hall–Kier alpha value is -0.843. The molecule has 0 bridgehead atoms. The lowest BCUT2D eigenvalue weighted by molar-refractivity contribution is 0.196. The van der Waals surface area contributed by atoms with Crippen LogP contribution in [0.4, 0.5) is 5.69 Å². The van der Waals surface area contributed by atoms with Crippen molar-refractivity contribution in [2.45, 2.75) is 32.7 Å². The highest BCUT2D eigenvalue weighted by molar-refractivity contribution is 6.44. The summed E-state index contributed by atoms with van der Waals surface area (Å²) in [5.41, 5.74) is 7.92. The van der Waals surface area contributed by atoms with E-state index in [0.717, 1.165) is 43.4 Å². The van der Waals surface area contributed by atoms with E-state index >= 15 is 0 Å². The van der Waals surface area contributed by atoms with Gasteiger partial charge in [0.1, 0.15) is 0 Å². The molecule has 0 aliphatic heterocycles. The zero-order valence-electron chi connectivity index (χ0n) is 10.8. The van der Waals surface area contributed by atoms with Crippen LogP contribution in [0.5, 0.6) is 0 Å². The van der Waals surface area contributed by atoms with E-state index in [1.165, 1.54) is 0 Å². The Morgan fingerprint density at radius 1 is 1.06 bits per heavy atom. The maximum absolute atomic E-state index is 5.94. The first kappa shape index (κ1) is 14.2. The summed E-state index contributed by atoms with van der Waals surface area (Å²) in [5.74, 6) is 0. The average Bonchev–Trinajstić information content (AvgIpc) is 2.35. The molecule has 0 amide bonds. The number of hydrogen-bond donors (Lipinski definition) is 1. The van der Waals surface area contributed by atoms with Crippen molar-refractivity contribution in [3.63, 3.8) is 0 Å². The van der Waals surface area contributed by atoms with Gasteiger partial charge in [0.15, 0.2) is 0 Å². The first-order valence-electron chi connectivity index (χ1n) is 6.34. The van der Waals surface area contributed by atoms with E-state index in [4.69, 9.17) is 14.6 Å². The van der Waals surface area contributed by atoms with E-state index in [0.29, 0.717) is 0 Å². The Labute approximate surface area is 106 Å². The normalized spacial score (nSPS) is 11.0. The minimum absolute atomic E-state index is 0.785. The highest BCUT2D eigenvalue weighted by Crippen LogP contribution is 2.13. The molecule has 0 fully saturated rings. The molecule has 2 N–H and O–H groups in total. The molecule has 0 aliphatic rings. The van der Waals surface area contributed by atoms with Gasteiger partial charge in [-0.15, -0.1) is 0 Å². The Morgan fingerprint density at radius 2 is 1.65 bits per heavy atom. The van der Waals surface area contributed by atoms with Gasteiger partial charge in [0.25, 0.3) is 0 Å². The molecular weight excluding hydrogens is 230 g/mol. The van der Waals surface area contributed by atoms with Crippen molar-refractivity contribution < 1.29 is 8.85 Å². The first-order valence-corrected chi connectivity index (χ1v) is 8.10. The minimum atomic E-state index is -1.60. The Balaban J connectivity index is 2.55. The second kappa shape index (κ2) is 8.28. The van der Waals surface area contributed by atoms with Crippen molar-refractivity contribution in [2.75, 3.05) is 18.9 Å². The van der Waals surface area contributed by atoms with Crippen LogP contribution >= 0.6 is 0 Å². The molecule has 1 rings (SSSR count). The molecule has 17 heavy (non-hydrogen) atoms. The van der Waals surface area contributed by atoms with Gasteiger partial charge in [0.2, 0.25) is 0 Å². The van der Waals surface area contributed by atoms with Crippen LogP contribution in [0.3, 0.4) is 0 Å². The van der Waals surface area contributed by atoms with Crippen molar-refractivity contribution in [1.82, 2.24) is 0 Å². The molecule has 0 saturated carbocycles. The third-order valence-corrected chi connectivity index (χ3v) is 4.45. The van der Waals surface area contributed by atoms with Gasteiger partial charge in [-0.2, -0.15) is 0 Å². The number of nitrogen functional groups attached to an aromatic ring is 1. The van der Waals surface area contributed by atoms with Crippen molar-refractivity contribution in [3.8, 4) is 0 Å². The monoisotopic (exact) mass is 253 g/mol. The van der Waals surface area contributed by atoms with Gasteiger partial charge in [0.05, 0.1) is 0 Å². The third kappa shape index (κ3) is 5.34. The molecule has 0 atom stereocenters. The Morgan fingerprint density at radius 3 is 2.18 bits per heavy atom. The molecule has 0 radical (unpaired) electrons. The quantitative estimate of drug-likeness (QED) is 0.571. The van der Waals surface area contributed by atoms with Crippen molar-refractivity contribution in [1.29, 1.82) is 0 Å². The summed E-state index contributed by atoms with van der Waals surface area (Å²) >= 11 is 0. The van der Waals surface area contributed by atoms with Gasteiger partial charge in [-0.05, 0) is 24.5 Å². The van der Waals surface area contributed by atoms with Crippen molar-refractivity contribution in [2.24, 2.45) is 0 Å². The molecule has 0 unspecified atom stereocenters. The maximum Gasteiger partial charge on any atom is 0.326 e. The fourth-order valence-corrected chi connectivity index (χ4v) is 3.62. The van der Waals surface area contributed by atoms with E-state index < -0.39 is 9.28 Å². The highest BCUT2D eigenvalue weighted by atomic mass is 28.3. The number of hydrogen-bond acceptors (Lipinski definition) is 3. The van der Waals surface area contributed by atoms with Crippen LogP contribution in [0, 0.1) is 0 Å². The zero-order chi connectivity index (χ0) is 12.5. The lowest BCUT2D eigenvalue weighted by atomic mass is 10.2. The van der Waals surface area contributed by atoms with Crippen LogP contribution in [-0.4, -0.2) is 22.5 Å². The molecule has 0 spiro atoms. The largest absolute Gasteiger partial charge is 0.399 e. The summed E-state index contributed by atoms with van der Waals surface area (Å²) < 4.78 is 11.6. The predicted molar refractivity (Wildman–Crippen MR) is 74.2 cm³/mol. The molecule has 0 aromatic heterocycles. The van der Waals surface area contributed by atoms with Crippen LogP contribution in [0.25, 0.3) is 0 Å². The van der Waals surface area contributed by atoms with E-state index in [9.17, 15) is 0 Å². The third-order valence-electron chi connectivity index (χ3n) is 2.46. The summed E-state index contributed by atoms with van der Waals surface area (Å²) in [6.45, 7) is 5.80. The standard InChI is InChI=1S/C13H23NO2Si/c1-3-9-15-17(16-10-4-2)11-12-7-5-6-8-13(12)14/h5-8,17H,3-4,9-11,14H2,1-2H3. The molecule has 4 heteroatoms. The molecule has 1 aromatic rings. The summed E-state index contributed by atoms with van der Waals surface area (Å²) in [6, 6.07) is 8.80. The smallest absolute Gasteiger partial charge is 0.326 e. The lowest BCUT2D eigenvalue weighted by Crippen LogP contribution is -2.27. The Kier molecular flexibility index (Phi) is 6.92. The summed E-state index contributed by atoms with van der Waals surface area (Å²) in [5, 5.41) is 0. The van der Waals surface area contributed by atoms with E-state index in [1.807, 2.05) is 18.2 Å². The average molecular weight is 253 g/mol. The second-order valence-corrected chi connectivity index (χ2v) is 6.01. The second-order valence-electron chi connectivity index (χ2n) is 4.07. The van der Waals surface area contributed by atoms with Crippen LogP contribution in [0.2, 0.25) is 0 Å². The van der Waals surface area contributed by atoms with E-state index in [2.05, 4.69) is 19.9 Å². The highest BCUT2D eigenvalue weighted by Gasteiger charge is 2.15. The topological polar surface area (TPSA) is 44.5 Å². The van der Waals surface area contributed by atoms with Gasteiger partial charge >= 0.3 is 9.28 Å². The summed E-state index contributed by atoms with van der Waals surface area (Å²) in [6.07, 6.45) is 2.06. The van der Waals surface area contributed by atoms with Crippen molar-refractivity contribution in [3.05, 3.63) is 29.8 Å². The fraction of sp³-hybridized carbons (Fsp3) is 0.538. The summed E-state index contributed by atoms with van der Waals surface area (Å²) in [7, 11) is -1.60. The SMILES string of the molecule is CCCO[SiH](Cc1ccccc1N)OCCC. The van der Waals surface area contributed by atoms with Gasteiger partial charge < -0.3 is 14.6 Å². The van der Waals surface area contributed by atoms with Gasteiger partial charge in [-0.1, -0.05) is 32.0 Å². The van der Waals surface area contributed by atoms with E-state index in [-0.39, 0.29) is 0 Å². The number of anilines is 1. The first-order chi connectivity index (χ1) is 8.27. The van der Waals surface area contributed by atoms with Gasteiger partial charge in [-0.3, -0.25) is 0 Å². The summed E-state index contributed by atoms with van der Waals surface area (Å²) in [4.78, 5) is 0. The molecule has 1 aromatic carbocycles. The molecule has 0 aliphatic carbocycles. The Bertz CT molecular complexity index is 312. The fourth-order valence-electron chi connectivity index (χ4n) is 1.56. The lowest BCUT2D eigenvalue weighted by Gasteiger charge is -2.17. The number of rotatable bonds is 8. The maximum atomic E-state index is 5.94. The van der Waals surface area contributed by atoms with Gasteiger partial charge in [0, 0.05) is 24.9 Å². The number of benzene rings is 1. The molecule has 0 saturated heterocycles.